The molecule has 1 N–H and O–H groups in total. The first-order valence-electron chi connectivity index (χ1n) is 4.92. The summed E-state index contributed by atoms with van der Waals surface area (Å²) in [7, 11) is 4.09. The van der Waals surface area contributed by atoms with Crippen molar-refractivity contribution in [3.63, 3.8) is 0 Å². The molecular formula is C10H21NO2. The highest BCUT2D eigenvalue weighted by molar-refractivity contribution is 5.66. The summed E-state index contributed by atoms with van der Waals surface area (Å²) in [5, 5.41) is 8.52. The van der Waals surface area contributed by atoms with E-state index in [1.165, 1.54) is 0 Å². The number of aliphatic carboxylic acids is 1. The molecule has 0 aliphatic rings. The van der Waals surface area contributed by atoms with Crippen molar-refractivity contribution >= 4 is 5.97 Å². The molecule has 0 aromatic carbocycles. The number of rotatable bonds is 7. The van der Waals surface area contributed by atoms with Crippen molar-refractivity contribution < 1.29 is 9.90 Å². The number of carboxylic acid groups (broad SMARTS) is 1. The van der Waals surface area contributed by atoms with Gasteiger partial charge in [-0.1, -0.05) is 13.3 Å². The molecule has 3 heteroatoms. The highest BCUT2D eigenvalue weighted by Crippen LogP contribution is 2.15. The number of hydrogen-bond donors (Lipinski definition) is 1. The molecule has 78 valence electrons. The van der Waals surface area contributed by atoms with Crippen molar-refractivity contribution in [3.8, 4) is 0 Å². The van der Waals surface area contributed by atoms with Crippen LogP contribution in [0, 0.1) is 5.92 Å². The first-order valence-corrected chi connectivity index (χ1v) is 4.92. The van der Waals surface area contributed by atoms with Crippen molar-refractivity contribution in [1.82, 2.24) is 4.90 Å². The van der Waals surface area contributed by atoms with Crippen molar-refractivity contribution in [1.29, 1.82) is 0 Å². The summed E-state index contributed by atoms with van der Waals surface area (Å²) in [5.41, 5.74) is 0. The third kappa shape index (κ3) is 7.78. The van der Waals surface area contributed by atoms with Gasteiger partial charge in [0.2, 0.25) is 0 Å². The molecule has 0 aromatic rings. The minimum atomic E-state index is -0.677. The number of carbonyl (C=O) groups is 1. The summed E-state index contributed by atoms with van der Waals surface area (Å²) in [4.78, 5) is 12.5. The Morgan fingerprint density at radius 1 is 1.38 bits per heavy atom. The Hall–Kier alpha value is -0.570. The monoisotopic (exact) mass is 187 g/mol. The van der Waals surface area contributed by atoms with Crippen LogP contribution < -0.4 is 0 Å². The van der Waals surface area contributed by atoms with Crippen LogP contribution in [0.2, 0.25) is 0 Å². The summed E-state index contributed by atoms with van der Waals surface area (Å²) in [6, 6.07) is 0. The van der Waals surface area contributed by atoms with Gasteiger partial charge in [0.25, 0.3) is 0 Å². The lowest BCUT2D eigenvalue weighted by Gasteiger charge is -2.16. The van der Waals surface area contributed by atoms with E-state index in [0.717, 1.165) is 25.8 Å². The maximum atomic E-state index is 10.3. The highest BCUT2D eigenvalue weighted by Gasteiger charge is 2.08. The van der Waals surface area contributed by atoms with Crippen LogP contribution in [0.15, 0.2) is 0 Å². The first kappa shape index (κ1) is 12.4. The molecular weight excluding hydrogens is 166 g/mol. The van der Waals surface area contributed by atoms with Gasteiger partial charge < -0.3 is 10.0 Å². The Morgan fingerprint density at radius 3 is 2.38 bits per heavy atom. The quantitative estimate of drug-likeness (QED) is 0.661. The number of nitrogens with zero attached hydrogens (tertiary/aromatic N) is 1. The summed E-state index contributed by atoms with van der Waals surface area (Å²) in [5.74, 6) is -0.109. The third-order valence-corrected chi connectivity index (χ3v) is 2.33. The van der Waals surface area contributed by atoms with Gasteiger partial charge in [0.1, 0.15) is 0 Å². The third-order valence-electron chi connectivity index (χ3n) is 2.33. The zero-order chi connectivity index (χ0) is 10.3. The van der Waals surface area contributed by atoms with E-state index in [0.29, 0.717) is 12.3 Å². The predicted octanol–water partition coefficient (Wildman–Crippen LogP) is 1.83. The normalized spacial score (nSPS) is 13.2. The lowest BCUT2D eigenvalue weighted by atomic mass is 9.96. The van der Waals surface area contributed by atoms with Crippen LogP contribution in [0.5, 0.6) is 0 Å². The average Bonchev–Trinajstić information content (AvgIpc) is 2.04. The van der Waals surface area contributed by atoms with Crippen LogP contribution in [0.1, 0.15) is 32.6 Å². The maximum absolute atomic E-state index is 10.3. The van der Waals surface area contributed by atoms with Crippen molar-refractivity contribution in [2.24, 2.45) is 5.92 Å². The fourth-order valence-electron chi connectivity index (χ4n) is 1.32. The van der Waals surface area contributed by atoms with Gasteiger partial charge in [-0.25, -0.2) is 0 Å². The molecule has 1 unspecified atom stereocenters. The molecule has 3 nitrogen and oxygen atoms in total. The van der Waals surface area contributed by atoms with Crippen LogP contribution in [0.25, 0.3) is 0 Å². The van der Waals surface area contributed by atoms with E-state index in [1.54, 1.807) is 0 Å². The lowest BCUT2D eigenvalue weighted by Crippen LogP contribution is -2.17. The van der Waals surface area contributed by atoms with Crippen molar-refractivity contribution in [3.05, 3.63) is 0 Å². The SMILES string of the molecule is CCC(CCC(=O)O)CCN(C)C. The molecule has 0 heterocycles. The predicted molar refractivity (Wildman–Crippen MR) is 53.8 cm³/mol. The summed E-state index contributed by atoms with van der Waals surface area (Å²) in [6.07, 6.45) is 3.32. The smallest absolute Gasteiger partial charge is 0.303 e. The van der Waals surface area contributed by atoms with Gasteiger partial charge in [0, 0.05) is 6.42 Å². The summed E-state index contributed by atoms with van der Waals surface area (Å²) >= 11 is 0. The Labute approximate surface area is 80.7 Å². The Balaban J connectivity index is 3.57. The Kier molecular flexibility index (Phi) is 6.59. The molecule has 0 bridgehead atoms. The summed E-state index contributed by atoms with van der Waals surface area (Å²) < 4.78 is 0. The van der Waals surface area contributed by atoms with Crippen molar-refractivity contribution in [2.45, 2.75) is 32.6 Å². The van der Waals surface area contributed by atoms with Crippen molar-refractivity contribution in [2.75, 3.05) is 20.6 Å². The van der Waals surface area contributed by atoms with Crippen LogP contribution >= 0.6 is 0 Å². The zero-order valence-electron chi connectivity index (χ0n) is 8.92. The van der Waals surface area contributed by atoms with Gasteiger partial charge in [-0.15, -0.1) is 0 Å². The fraction of sp³-hybridized carbons (Fsp3) is 0.900. The molecule has 0 aromatic heterocycles. The minimum Gasteiger partial charge on any atom is -0.481 e. The lowest BCUT2D eigenvalue weighted by molar-refractivity contribution is -0.137. The van der Waals surface area contributed by atoms with E-state index in [1.807, 2.05) is 14.1 Å². The molecule has 0 fully saturated rings. The topological polar surface area (TPSA) is 40.5 Å². The second-order valence-corrected chi connectivity index (χ2v) is 3.80. The van der Waals surface area contributed by atoms with E-state index in [9.17, 15) is 4.79 Å². The largest absolute Gasteiger partial charge is 0.481 e. The molecule has 1 atom stereocenters. The zero-order valence-corrected chi connectivity index (χ0v) is 8.92. The Bertz CT molecular complexity index is 146. The maximum Gasteiger partial charge on any atom is 0.303 e. The van der Waals surface area contributed by atoms with E-state index in [4.69, 9.17) is 5.11 Å². The van der Waals surface area contributed by atoms with E-state index in [2.05, 4.69) is 11.8 Å². The molecule has 0 aliphatic carbocycles. The average molecular weight is 187 g/mol. The van der Waals surface area contributed by atoms with Crippen LogP contribution in [-0.4, -0.2) is 36.6 Å². The second-order valence-electron chi connectivity index (χ2n) is 3.80. The van der Waals surface area contributed by atoms with Gasteiger partial charge in [-0.05, 0) is 39.4 Å². The van der Waals surface area contributed by atoms with Crippen LogP contribution in [-0.2, 0) is 4.79 Å². The molecule has 0 amide bonds. The molecule has 0 saturated carbocycles. The molecule has 0 saturated heterocycles. The van der Waals surface area contributed by atoms with Gasteiger partial charge in [-0.2, -0.15) is 0 Å². The fourth-order valence-corrected chi connectivity index (χ4v) is 1.32. The minimum absolute atomic E-state index is 0.311. The van der Waals surface area contributed by atoms with Gasteiger partial charge in [0.05, 0.1) is 0 Å². The molecule has 0 spiro atoms. The van der Waals surface area contributed by atoms with Gasteiger partial charge in [-0.3, -0.25) is 4.79 Å². The van der Waals surface area contributed by atoms with Crippen LogP contribution in [0.4, 0.5) is 0 Å². The highest BCUT2D eigenvalue weighted by atomic mass is 16.4. The van der Waals surface area contributed by atoms with Crippen LogP contribution in [0.3, 0.4) is 0 Å². The standard InChI is InChI=1S/C10H21NO2/c1-4-9(5-6-10(12)13)7-8-11(2)3/h9H,4-8H2,1-3H3,(H,12,13). The summed E-state index contributed by atoms with van der Waals surface area (Å²) in [6.45, 7) is 3.18. The van der Waals surface area contributed by atoms with Gasteiger partial charge in [0.15, 0.2) is 0 Å². The molecule has 0 radical (unpaired) electrons. The van der Waals surface area contributed by atoms with Gasteiger partial charge >= 0.3 is 5.97 Å². The number of carboxylic acids is 1. The number of hydrogen-bond acceptors (Lipinski definition) is 2. The molecule has 0 aliphatic heterocycles. The molecule has 13 heavy (non-hydrogen) atoms. The van der Waals surface area contributed by atoms with E-state index < -0.39 is 5.97 Å². The first-order chi connectivity index (χ1) is 6.06. The van der Waals surface area contributed by atoms with E-state index >= 15 is 0 Å². The second kappa shape index (κ2) is 6.89. The Morgan fingerprint density at radius 2 is 2.00 bits per heavy atom. The van der Waals surface area contributed by atoms with E-state index in [-0.39, 0.29) is 0 Å². The molecule has 0 rings (SSSR count).